The predicted octanol–water partition coefficient (Wildman–Crippen LogP) is 4.57. The van der Waals surface area contributed by atoms with Crippen molar-refractivity contribution in [3.05, 3.63) is 102 Å². The third-order valence-electron chi connectivity index (χ3n) is 7.27. The zero-order valence-corrected chi connectivity index (χ0v) is 24.0. The Kier molecular flexibility index (Phi) is 10.5. The van der Waals surface area contributed by atoms with Crippen LogP contribution in [-0.2, 0) is 39.0 Å². The molecule has 0 aromatic heterocycles. The van der Waals surface area contributed by atoms with Crippen molar-refractivity contribution in [1.29, 1.82) is 0 Å². The molecule has 212 valence electrons. The lowest BCUT2D eigenvalue weighted by atomic mass is 10.0. The fraction of sp³-hybridized carbons (Fsp3) is 0.375. The lowest BCUT2D eigenvalue weighted by molar-refractivity contribution is -0.141. The van der Waals surface area contributed by atoms with Gasteiger partial charge in [-0.1, -0.05) is 79.7 Å². The first-order valence-corrected chi connectivity index (χ1v) is 15.6. The molecule has 40 heavy (non-hydrogen) atoms. The van der Waals surface area contributed by atoms with Gasteiger partial charge in [0.1, 0.15) is 6.04 Å². The van der Waals surface area contributed by atoms with E-state index in [1.54, 1.807) is 29.2 Å². The van der Waals surface area contributed by atoms with Gasteiger partial charge in [-0.25, -0.2) is 8.42 Å². The zero-order valence-electron chi connectivity index (χ0n) is 23.2. The first kappa shape index (κ1) is 29.5. The van der Waals surface area contributed by atoms with E-state index in [4.69, 9.17) is 0 Å². The van der Waals surface area contributed by atoms with Crippen molar-refractivity contribution in [2.75, 3.05) is 19.6 Å². The lowest BCUT2D eigenvalue weighted by Crippen LogP contribution is -2.50. The smallest absolute Gasteiger partial charge is 0.243 e. The van der Waals surface area contributed by atoms with Gasteiger partial charge in [0.05, 0.1) is 4.90 Å². The third kappa shape index (κ3) is 7.79. The Bertz CT molecular complexity index is 1340. The van der Waals surface area contributed by atoms with E-state index in [2.05, 4.69) is 5.32 Å². The SMILES string of the molecule is CCCNC(=O)[C@@H](Cc1ccccc1)N(Cc1ccccc1)C(=O)CCc1ccc(S(=O)(=O)N2CCCC2)cc1. The average Bonchev–Trinajstić information content (AvgIpc) is 3.54. The maximum atomic E-state index is 13.8. The minimum absolute atomic E-state index is 0.120. The van der Waals surface area contributed by atoms with Crippen LogP contribution in [0.1, 0.15) is 49.3 Å². The van der Waals surface area contributed by atoms with Gasteiger partial charge in [0.15, 0.2) is 0 Å². The quantitative estimate of drug-likeness (QED) is 0.331. The Morgan fingerprint density at radius 2 is 1.45 bits per heavy atom. The number of carbonyl (C=O) groups excluding carboxylic acids is 2. The lowest BCUT2D eigenvalue weighted by Gasteiger charge is -2.31. The molecule has 3 aromatic carbocycles. The van der Waals surface area contributed by atoms with Crippen molar-refractivity contribution < 1.29 is 18.0 Å². The molecule has 7 nitrogen and oxygen atoms in total. The Labute approximate surface area is 238 Å². The summed E-state index contributed by atoms with van der Waals surface area (Å²) in [5, 5.41) is 3.00. The summed E-state index contributed by atoms with van der Waals surface area (Å²) in [5.41, 5.74) is 2.82. The van der Waals surface area contributed by atoms with Gasteiger partial charge in [-0.2, -0.15) is 4.31 Å². The Balaban J connectivity index is 1.52. The summed E-state index contributed by atoms with van der Waals surface area (Å²) < 4.78 is 27.3. The van der Waals surface area contributed by atoms with Crippen LogP contribution in [0.5, 0.6) is 0 Å². The van der Waals surface area contributed by atoms with Crippen molar-refractivity contribution in [3.8, 4) is 0 Å². The van der Waals surface area contributed by atoms with Crippen LogP contribution in [0.15, 0.2) is 89.8 Å². The number of nitrogens with zero attached hydrogens (tertiary/aromatic N) is 2. The fourth-order valence-electron chi connectivity index (χ4n) is 5.00. The Morgan fingerprint density at radius 3 is 2.05 bits per heavy atom. The molecule has 1 saturated heterocycles. The fourth-order valence-corrected chi connectivity index (χ4v) is 6.52. The first-order chi connectivity index (χ1) is 19.4. The van der Waals surface area contributed by atoms with E-state index in [0.717, 1.165) is 36.0 Å². The molecule has 0 saturated carbocycles. The highest BCUT2D eigenvalue weighted by atomic mass is 32.2. The van der Waals surface area contributed by atoms with Crippen LogP contribution >= 0.6 is 0 Å². The van der Waals surface area contributed by atoms with Crippen molar-refractivity contribution in [2.45, 2.75) is 62.9 Å². The summed E-state index contributed by atoms with van der Waals surface area (Å²) in [4.78, 5) is 29.1. The highest BCUT2D eigenvalue weighted by Crippen LogP contribution is 2.22. The Hall–Kier alpha value is -3.49. The van der Waals surface area contributed by atoms with Crippen molar-refractivity contribution in [2.24, 2.45) is 0 Å². The molecule has 0 unspecified atom stereocenters. The van der Waals surface area contributed by atoms with E-state index in [-0.39, 0.29) is 23.1 Å². The molecule has 1 fully saturated rings. The van der Waals surface area contributed by atoms with Gasteiger partial charge in [-0.05, 0) is 54.5 Å². The van der Waals surface area contributed by atoms with Crippen LogP contribution < -0.4 is 5.32 Å². The number of rotatable bonds is 13. The molecular weight excluding hydrogens is 522 g/mol. The van der Waals surface area contributed by atoms with Gasteiger partial charge in [0.2, 0.25) is 21.8 Å². The normalized spacial score (nSPS) is 14.5. The average molecular weight is 562 g/mol. The minimum Gasteiger partial charge on any atom is -0.354 e. The molecule has 3 aromatic rings. The largest absolute Gasteiger partial charge is 0.354 e. The molecule has 0 aliphatic carbocycles. The van der Waals surface area contributed by atoms with Gasteiger partial charge in [0.25, 0.3) is 0 Å². The van der Waals surface area contributed by atoms with Crippen LogP contribution in [0.4, 0.5) is 0 Å². The standard InChI is InChI=1S/C32H39N3O4S/c1-2-21-33-32(37)30(24-27-11-5-3-6-12-27)35(25-28-13-7-4-8-14-28)31(36)20-17-26-15-18-29(19-16-26)40(38,39)34-22-9-10-23-34/h3-8,11-16,18-19,30H,2,9-10,17,20-25H2,1H3,(H,33,37)/t30-/m1/s1. The molecule has 8 heteroatoms. The highest BCUT2D eigenvalue weighted by molar-refractivity contribution is 7.89. The molecule has 0 radical (unpaired) electrons. The minimum atomic E-state index is -3.48. The second kappa shape index (κ2) is 14.2. The van der Waals surface area contributed by atoms with E-state index < -0.39 is 16.1 Å². The van der Waals surface area contributed by atoms with E-state index in [9.17, 15) is 18.0 Å². The van der Waals surface area contributed by atoms with Crippen LogP contribution in [0.3, 0.4) is 0 Å². The second-order valence-electron chi connectivity index (χ2n) is 10.3. The number of carbonyl (C=O) groups is 2. The van der Waals surface area contributed by atoms with Gasteiger partial charge in [0, 0.05) is 39.0 Å². The molecule has 0 bridgehead atoms. The summed E-state index contributed by atoms with van der Waals surface area (Å²) in [6.45, 7) is 3.99. The van der Waals surface area contributed by atoms with Crippen LogP contribution in [-0.4, -0.2) is 55.1 Å². The number of hydrogen-bond acceptors (Lipinski definition) is 4. The number of sulfonamides is 1. The number of hydrogen-bond donors (Lipinski definition) is 1. The third-order valence-corrected chi connectivity index (χ3v) is 9.18. The van der Waals surface area contributed by atoms with E-state index in [1.165, 1.54) is 4.31 Å². The Morgan fingerprint density at radius 1 is 0.850 bits per heavy atom. The molecule has 2 amide bonds. The van der Waals surface area contributed by atoms with Gasteiger partial charge >= 0.3 is 0 Å². The van der Waals surface area contributed by atoms with Crippen LogP contribution in [0.2, 0.25) is 0 Å². The highest BCUT2D eigenvalue weighted by Gasteiger charge is 2.30. The number of aryl methyl sites for hydroxylation is 1. The molecular formula is C32H39N3O4S. The first-order valence-electron chi connectivity index (χ1n) is 14.1. The van der Waals surface area contributed by atoms with Crippen LogP contribution in [0.25, 0.3) is 0 Å². The summed E-state index contributed by atoms with van der Waals surface area (Å²) in [7, 11) is -3.48. The molecule has 4 rings (SSSR count). The predicted molar refractivity (Wildman–Crippen MR) is 157 cm³/mol. The second-order valence-corrected chi connectivity index (χ2v) is 12.2. The summed E-state index contributed by atoms with van der Waals surface area (Å²) in [5.74, 6) is -0.281. The monoisotopic (exact) mass is 561 g/mol. The maximum absolute atomic E-state index is 13.8. The van der Waals surface area contributed by atoms with E-state index >= 15 is 0 Å². The summed E-state index contributed by atoms with van der Waals surface area (Å²) in [6.07, 6.45) is 3.65. The molecule has 1 heterocycles. The number of amides is 2. The molecule has 1 N–H and O–H groups in total. The molecule has 1 aliphatic rings. The number of nitrogens with one attached hydrogen (secondary N) is 1. The van der Waals surface area contributed by atoms with Gasteiger partial charge < -0.3 is 10.2 Å². The van der Waals surface area contributed by atoms with Crippen molar-refractivity contribution in [3.63, 3.8) is 0 Å². The van der Waals surface area contributed by atoms with Crippen molar-refractivity contribution in [1.82, 2.24) is 14.5 Å². The van der Waals surface area contributed by atoms with Crippen LogP contribution in [0, 0.1) is 0 Å². The summed E-state index contributed by atoms with van der Waals surface area (Å²) in [6, 6.07) is 25.6. The van der Waals surface area contributed by atoms with E-state index in [0.29, 0.717) is 39.0 Å². The van der Waals surface area contributed by atoms with Gasteiger partial charge in [-0.15, -0.1) is 0 Å². The van der Waals surface area contributed by atoms with Crippen molar-refractivity contribution >= 4 is 21.8 Å². The molecule has 1 aliphatic heterocycles. The number of benzene rings is 3. The van der Waals surface area contributed by atoms with E-state index in [1.807, 2.05) is 67.6 Å². The zero-order chi connectivity index (χ0) is 28.4. The summed E-state index contributed by atoms with van der Waals surface area (Å²) >= 11 is 0. The topological polar surface area (TPSA) is 86.8 Å². The van der Waals surface area contributed by atoms with Gasteiger partial charge in [-0.3, -0.25) is 9.59 Å². The molecule has 0 spiro atoms. The maximum Gasteiger partial charge on any atom is 0.243 e. The molecule has 1 atom stereocenters.